The van der Waals surface area contributed by atoms with Gasteiger partial charge in [-0.15, -0.1) is 0 Å². The van der Waals surface area contributed by atoms with Gasteiger partial charge in [0.05, 0.1) is 5.60 Å². The number of benzene rings is 3. The topological polar surface area (TPSA) is 91.3 Å². The molecule has 0 atom stereocenters. The van der Waals surface area contributed by atoms with Crippen LogP contribution in [-0.4, -0.2) is 47.4 Å². The maximum Gasteiger partial charge on any atom is 0.417 e. The summed E-state index contributed by atoms with van der Waals surface area (Å²) in [6, 6.07) is 22.9. The van der Waals surface area contributed by atoms with Crippen LogP contribution in [0.2, 0.25) is 0 Å². The number of amides is 1. The number of carbonyl (C=O) groups is 1. The summed E-state index contributed by atoms with van der Waals surface area (Å²) >= 11 is 0. The van der Waals surface area contributed by atoms with Crippen LogP contribution in [-0.2, 0) is 5.60 Å². The number of piperidine rings is 1. The number of aliphatic hydroxyl groups is 1. The van der Waals surface area contributed by atoms with E-state index in [9.17, 15) is 15.0 Å². The highest BCUT2D eigenvalue weighted by atomic mass is 16.6. The highest BCUT2D eigenvalue weighted by Gasteiger charge is 2.33. The number of carbonyl (C=O) groups excluding carboxylic acids is 1. The number of hydrogen-bond donors (Lipinski definition) is 3. The molecule has 3 aromatic carbocycles. The first-order chi connectivity index (χ1) is 16.0. The van der Waals surface area contributed by atoms with Gasteiger partial charge >= 0.3 is 6.09 Å². The van der Waals surface area contributed by atoms with Crippen molar-refractivity contribution < 1.29 is 24.5 Å². The van der Waals surface area contributed by atoms with E-state index in [1.54, 1.807) is 36.4 Å². The van der Waals surface area contributed by atoms with Gasteiger partial charge in [0.1, 0.15) is 23.9 Å². The zero-order valence-electron chi connectivity index (χ0n) is 18.3. The van der Waals surface area contributed by atoms with E-state index < -0.39 is 11.7 Å². The molecule has 7 nitrogen and oxygen atoms in total. The van der Waals surface area contributed by atoms with Crippen LogP contribution in [0, 0.1) is 0 Å². The molecule has 0 spiro atoms. The Morgan fingerprint density at radius 3 is 2.33 bits per heavy atom. The van der Waals surface area contributed by atoms with E-state index in [1.807, 2.05) is 30.3 Å². The number of anilines is 1. The van der Waals surface area contributed by atoms with Crippen LogP contribution in [0.4, 0.5) is 10.5 Å². The van der Waals surface area contributed by atoms with Crippen LogP contribution in [0.15, 0.2) is 78.9 Å². The summed E-state index contributed by atoms with van der Waals surface area (Å²) in [7, 11) is 0. The second kappa shape index (κ2) is 10.4. The largest absolute Gasteiger partial charge is 0.508 e. The lowest BCUT2D eigenvalue weighted by Gasteiger charge is -2.38. The van der Waals surface area contributed by atoms with E-state index in [-0.39, 0.29) is 5.75 Å². The van der Waals surface area contributed by atoms with Gasteiger partial charge in [-0.05, 0) is 54.8 Å². The Bertz CT molecular complexity index is 1050. The summed E-state index contributed by atoms with van der Waals surface area (Å²) in [5.74, 6) is 1.13. The summed E-state index contributed by atoms with van der Waals surface area (Å²) < 4.78 is 11.1. The van der Waals surface area contributed by atoms with Crippen LogP contribution >= 0.6 is 0 Å². The van der Waals surface area contributed by atoms with E-state index in [2.05, 4.69) is 10.2 Å². The molecule has 1 amide bonds. The second-order valence-electron chi connectivity index (χ2n) is 8.12. The third kappa shape index (κ3) is 6.25. The smallest absolute Gasteiger partial charge is 0.417 e. The molecular weight excluding hydrogens is 420 g/mol. The lowest BCUT2D eigenvalue weighted by molar-refractivity contribution is -0.0278. The van der Waals surface area contributed by atoms with Crippen molar-refractivity contribution in [2.45, 2.75) is 18.4 Å². The van der Waals surface area contributed by atoms with Gasteiger partial charge < -0.3 is 19.7 Å². The van der Waals surface area contributed by atoms with Gasteiger partial charge in [0.15, 0.2) is 0 Å². The molecule has 1 saturated heterocycles. The molecule has 0 bridgehead atoms. The van der Waals surface area contributed by atoms with E-state index in [0.717, 1.165) is 25.2 Å². The lowest BCUT2D eigenvalue weighted by Crippen LogP contribution is -2.43. The van der Waals surface area contributed by atoms with Gasteiger partial charge in [0.25, 0.3) is 0 Å². The number of phenolic OH excluding ortho intramolecular Hbond substituents is 1. The lowest BCUT2D eigenvalue weighted by atomic mass is 9.84. The summed E-state index contributed by atoms with van der Waals surface area (Å²) in [6.45, 7) is 2.93. The Kier molecular flexibility index (Phi) is 7.12. The number of aromatic hydroxyl groups is 1. The van der Waals surface area contributed by atoms with Gasteiger partial charge in [0.2, 0.25) is 0 Å². The molecular formula is C26H28N2O5. The number of phenols is 1. The maximum atomic E-state index is 12.0. The monoisotopic (exact) mass is 448 g/mol. The fourth-order valence-corrected chi connectivity index (χ4v) is 3.91. The molecule has 1 aliphatic heterocycles. The van der Waals surface area contributed by atoms with Crippen molar-refractivity contribution in [2.75, 3.05) is 31.6 Å². The molecule has 1 aliphatic rings. The number of likely N-dealkylation sites (tertiary alicyclic amines) is 1. The molecule has 4 rings (SSSR count). The quantitative estimate of drug-likeness (QED) is 0.497. The van der Waals surface area contributed by atoms with E-state index in [4.69, 9.17) is 9.47 Å². The summed E-state index contributed by atoms with van der Waals surface area (Å²) in [5, 5.41) is 22.9. The Balaban J connectivity index is 1.18. The van der Waals surface area contributed by atoms with Gasteiger partial charge in [0, 0.05) is 31.4 Å². The first-order valence-electron chi connectivity index (χ1n) is 11.0. The minimum atomic E-state index is -0.748. The molecule has 3 aromatic rings. The highest BCUT2D eigenvalue weighted by molar-refractivity contribution is 5.86. The summed E-state index contributed by atoms with van der Waals surface area (Å²) in [4.78, 5) is 14.3. The molecule has 172 valence electrons. The van der Waals surface area contributed by atoms with Gasteiger partial charge in [-0.2, -0.15) is 0 Å². The maximum absolute atomic E-state index is 12.0. The number of nitrogens with one attached hydrogen (secondary N) is 1. The molecule has 1 heterocycles. The number of rotatable bonds is 7. The van der Waals surface area contributed by atoms with Crippen molar-refractivity contribution >= 4 is 11.8 Å². The average molecular weight is 449 g/mol. The molecule has 33 heavy (non-hydrogen) atoms. The van der Waals surface area contributed by atoms with Crippen LogP contribution < -0.4 is 14.8 Å². The molecule has 0 radical (unpaired) electrons. The molecule has 7 heteroatoms. The van der Waals surface area contributed by atoms with Crippen molar-refractivity contribution in [3.05, 3.63) is 84.4 Å². The van der Waals surface area contributed by atoms with Crippen LogP contribution in [0.5, 0.6) is 17.2 Å². The first kappa shape index (κ1) is 22.6. The fraction of sp³-hybridized carbons (Fsp3) is 0.269. The molecule has 0 aliphatic carbocycles. The van der Waals surface area contributed by atoms with E-state index >= 15 is 0 Å². The number of hydrogen-bond acceptors (Lipinski definition) is 6. The van der Waals surface area contributed by atoms with Crippen molar-refractivity contribution in [3.63, 3.8) is 0 Å². The van der Waals surface area contributed by atoms with Crippen molar-refractivity contribution in [1.29, 1.82) is 0 Å². The zero-order chi connectivity index (χ0) is 23.1. The predicted octanol–water partition coefficient (Wildman–Crippen LogP) is 4.37. The minimum absolute atomic E-state index is 0.0609. The second-order valence-corrected chi connectivity index (χ2v) is 8.12. The Morgan fingerprint density at radius 2 is 1.64 bits per heavy atom. The fourth-order valence-electron chi connectivity index (χ4n) is 3.91. The predicted molar refractivity (Wildman–Crippen MR) is 126 cm³/mol. The van der Waals surface area contributed by atoms with E-state index in [0.29, 0.717) is 36.6 Å². The normalized spacial score (nSPS) is 15.5. The Hall–Kier alpha value is -3.55. The van der Waals surface area contributed by atoms with Crippen LogP contribution in [0.3, 0.4) is 0 Å². The van der Waals surface area contributed by atoms with Crippen LogP contribution in [0.25, 0.3) is 0 Å². The van der Waals surface area contributed by atoms with Gasteiger partial charge in [-0.1, -0.05) is 36.4 Å². The van der Waals surface area contributed by atoms with Crippen LogP contribution in [0.1, 0.15) is 18.4 Å². The SMILES string of the molecule is O=C(Nc1cccc(O)c1)Oc1ccc(OCCN2CCC(O)(c3ccccc3)CC2)cc1. The van der Waals surface area contributed by atoms with Gasteiger partial charge in [-0.3, -0.25) is 10.2 Å². The highest BCUT2D eigenvalue weighted by Crippen LogP contribution is 2.32. The molecule has 0 unspecified atom stereocenters. The Labute approximate surface area is 193 Å². The van der Waals surface area contributed by atoms with Crippen molar-refractivity contribution in [3.8, 4) is 17.2 Å². The molecule has 1 fully saturated rings. The standard InChI is InChI=1S/C26H28N2O5/c29-22-8-4-7-21(19-22)27-25(30)33-24-11-9-23(10-12-24)32-18-17-28-15-13-26(31,14-16-28)20-5-2-1-3-6-20/h1-12,19,29,31H,13-18H2,(H,27,30). The average Bonchev–Trinajstić information content (AvgIpc) is 2.82. The van der Waals surface area contributed by atoms with E-state index in [1.165, 1.54) is 12.1 Å². The number of nitrogens with zero attached hydrogens (tertiary/aromatic N) is 1. The molecule has 0 aromatic heterocycles. The number of ether oxygens (including phenoxy) is 2. The minimum Gasteiger partial charge on any atom is -0.508 e. The van der Waals surface area contributed by atoms with Crippen molar-refractivity contribution in [1.82, 2.24) is 4.90 Å². The molecule has 0 saturated carbocycles. The Morgan fingerprint density at radius 1 is 0.939 bits per heavy atom. The molecule has 3 N–H and O–H groups in total. The van der Waals surface area contributed by atoms with Crippen molar-refractivity contribution in [2.24, 2.45) is 0 Å². The summed E-state index contributed by atoms with van der Waals surface area (Å²) in [6.07, 6.45) is 0.761. The van der Waals surface area contributed by atoms with Gasteiger partial charge in [-0.25, -0.2) is 4.79 Å². The third-order valence-corrected chi connectivity index (χ3v) is 5.80. The zero-order valence-corrected chi connectivity index (χ0v) is 18.3. The first-order valence-corrected chi connectivity index (χ1v) is 11.0. The summed E-state index contributed by atoms with van der Waals surface area (Å²) in [5.41, 5.74) is 0.681. The third-order valence-electron chi connectivity index (χ3n) is 5.80.